The van der Waals surface area contributed by atoms with Crippen LogP contribution in [0.15, 0.2) is 47.8 Å². The molecule has 1 aromatic carbocycles. The van der Waals surface area contributed by atoms with Crippen LogP contribution < -0.4 is 4.74 Å². The number of nitrogens with zero attached hydrogens (tertiary/aromatic N) is 2. The summed E-state index contributed by atoms with van der Waals surface area (Å²) in [6.07, 6.45) is 4.76. The molecule has 4 heteroatoms. The number of aromatic nitrogens is 1. The Labute approximate surface area is 112 Å². The van der Waals surface area contributed by atoms with Gasteiger partial charge in [-0.1, -0.05) is 35.5 Å². The lowest BCUT2D eigenvalue weighted by Gasteiger charge is -2.06. The average molecular weight is 255 g/mol. The van der Waals surface area contributed by atoms with Gasteiger partial charge in [-0.15, -0.1) is 0 Å². The van der Waals surface area contributed by atoms with Crippen LogP contribution in [0.2, 0.25) is 0 Å². The number of aryl methyl sites for hydroxylation is 1. The normalized spacial score (nSPS) is 10.8. The first kappa shape index (κ1) is 13.1. The van der Waals surface area contributed by atoms with E-state index >= 15 is 0 Å². The highest BCUT2D eigenvalue weighted by Crippen LogP contribution is 2.11. The molecule has 2 aromatic rings. The van der Waals surface area contributed by atoms with Gasteiger partial charge in [-0.25, -0.2) is 4.98 Å². The number of hydrogen-bond acceptors (Lipinski definition) is 4. The Morgan fingerprint density at radius 1 is 1.16 bits per heavy atom. The van der Waals surface area contributed by atoms with Crippen LogP contribution in [0.1, 0.15) is 16.7 Å². The van der Waals surface area contributed by atoms with Crippen molar-refractivity contribution in [3.8, 4) is 5.88 Å². The summed E-state index contributed by atoms with van der Waals surface area (Å²) < 4.78 is 5.58. The summed E-state index contributed by atoms with van der Waals surface area (Å²) in [5, 5.41) is 11.2. The number of hydrogen-bond donors (Lipinski definition) is 1. The van der Waals surface area contributed by atoms with Gasteiger partial charge in [0.05, 0.1) is 0 Å². The molecule has 1 heterocycles. The Morgan fingerprint density at radius 2 is 1.89 bits per heavy atom. The Kier molecular flexibility index (Phi) is 4.50. The highest BCUT2D eigenvalue weighted by atomic mass is 16.5. The molecule has 97 valence electrons. The molecule has 1 aromatic heterocycles. The van der Waals surface area contributed by atoms with Crippen molar-refractivity contribution in [2.24, 2.45) is 5.16 Å². The lowest BCUT2D eigenvalue weighted by Crippen LogP contribution is -1.97. The minimum absolute atomic E-state index is 0.480. The molecule has 0 amide bonds. The Balaban J connectivity index is 1.90. The van der Waals surface area contributed by atoms with E-state index in [-0.39, 0.29) is 0 Å². The summed E-state index contributed by atoms with van der Waals surface area (Å²) in [6, 6.07) is 11.7. The van der Waals surface area contributed by atoms with Crippen molar-refractivity contribution in [3.05, 3.63) is 59.3 Å². The van der Waals surface area contributed by atoms with Crippen LogP contribution in [0, 0.1) is 6.92 Å². The summed E-state index contributed by atoms with van der Waals surface area (Å²) in [5.41, 5.74) is 3.21. The maximum absolute atomic E-state index is 8.30. The summed E-state index contributed by atoms with van der Waals surface area (Å²) >= 11 is 0. The van der Waals surface area contributed by atoms with Gasteiger partial charge in [0.15, 0.2) is 0 Å². The predicted octanol–water partition coefficient (Wildman–Crippen LogP) is 2.85. The Morgan fingerprint density at radius 3 is 2.53 bits per heavy atom. The fourth-order valence-corrected chi connectivity index (χ4v) is 1.58. The van der Waals surface area contributed by atoms with Crippen molar-refractivity contribution < 1.29 is 9.94 Å². The van der Waals surface area contributed by atoms with E-state index in [1.54, 1.807) is 6.20 Å². The monoisotopic (exact) mass is 255 g/mol. The van der Waals surface area contributed by atoms with E-state index in [0.29, 0.717) is 18.9 Å². The van der Waals surface area contributed by atoms with Crippen LogP contribution >= 0.6 is 0 Å². The van der Waals surface area contributed by atoms with Crippen LogP contribution in [0.25, 0.3) is 0 Å². The van der Waals surface area contributed by atoms with E-state index in [4.69, 9.17) is 9.94 Å². The third-order valence-corrected chi connectivity index (χ3v) is 2.65. The van der Waals surface area contributed by atoms with E-state index < -0.39 is 0 Å². The zero-order chi connectivity index (χ0) is 13.5. The summed E-state index contributed by atoms with van der Waals surface area (Å²) in [6.45, 7) is 2.47. The zero-order valence-electron chi connectivity index (χ0n) is 10.7. The smallest absolute Gasteiger partial charge is 0.213 e. The topological polar surface area (TPSA) is 54.7 Å². The molecule has 0 atom stereocenters. The van der Waals surface area contributed by atoms with Crippen molar-refractivity contribution in [1.82, 2.24) is 4.98 Å². The molecule has 0 bridgehead atoms. The third kappa shape index (κ3) is 4.10. The molecule has 0 saturated carbocycles. The molecule has 2 rings (SSSR count). The maximum atomic E-state index is 8.30. The summed E-state index contributed by atoms with van der Waals surface area (Å²) in [5.74, 6) is 0.621. The van der Waals surface area contributed by atoms with Gasteiger partial charge < -0.3 is 9.94 Å². The highest BCUT2D eigenvalue weighted by molar-refractivity contribution is 5.60. The summed E-state index contributed by atoms with van der Waals surface area (Å²) in [7, 11) is 0. The molecule has 0 unspecified atom stereocenters. The van der Waals surface area contributed by atoms with Gasteiger partial charge in [-0.3, -0.25) is 0 Å². The van der Waals surface area contributed by atoms with E-state index in [1.165, 1.54) is 0 Å². The van der Waals surface area contributed by atoms with Crippen molar-refractivity contribution in [2.45, 2.75) is 20.0 Å². The SMILES string of the molecule is Cc1ccc(OCc2ccc(C/[C]=N/O)cc2)nc1. The van der Waals surface area contributed by atoms with Crippen molar-refractivity contribution >= 4 is 6.21 Å². The lowest BCUT2D eigenvalue weighted by atomic mass is 10.1. The van der Waals surface area contributed by atoms with Gasteiger partial charge in [0.25, 0.3) is 0 Å². The van der Waals surface area contributed by atoms with E-state index in [2.05, 4.69) is 16.4 Å². The number of benzene rings is 1. The van der Waals surface area contributed by atoms with Gasteiger partial charge in [0, 0.05) is 18.7 Å². The summed E-state index contributed by atoms with van der Waals surface area (Å²) in [4.78, 5) is 4.18. The molecule has 0 aliphatic carbocycles. The minimum Gasteiger partial charge on any atom is -0.473 e. The van der Waals surface area contributed by atoms with Crippen LogP contribution in [0.5, 0.6) is 5.88 Å². The molecular weight excluding hydrogens is 240 g/mol. The van der Waals surface area contributed by atoms with Crippen molar-refractivity contribution in [1.29, 1.82) is 0 Å². The molecule has 0 spiro atoms. The molecule has 0 fully saturated rings. The van der Waals surface area contributed by atoms with Crippen LogP contribution in [-0.2, 0) is 13.0 Å². The fourth-order valence-electron chi connectivity index (χ4n) is 1.58. The van der Waals surface area contributed by atoms with Crippen molar-refractivity contribution in [2.75, 3.05) is 0 Å². The molecule has 0 saturated heterocycles. The largest absolute Gasteiger partial charge is 0.473 e. The molecule has 1 N–H and O–H groups in total. The third-order valence-electron chi connectivity index (χ3n) is 2.65. The zero-order valence-corrected chi connectivity index (χ0v) is 10.7. The van der Waals surface area contributed by atoms with Gasteiger partial charge in [-0.05, 0) is 23.6 Å². The second-order valence-electron chi connectivity index (χ2n) is 4.21. The fraction of sp³-hybridized carbons (Fsp3) is 0.200. The van der Waals surface area contributed by atoms with Gasteiger partial charge in [0.2, 0.25) is 5.88 Å². The first-order chi connectivity index (χ1) is 9.28. The van der Waals surface area contributed by atoms with E-state index in [9.17, 15) is 0 Å². The molecule has 1 radical (unpaired) electrons. The molecule has 19 heavy (non-hydrogen) atoms. The maximum Gasteiger partial charge on any atom is 0.213 e. The van der Waals surface area contributed by atoms with Crippen LogP contribution in [-0.4, -0.2) is 16.4 Å². The number of ether oxygens (including phenoxy) is 1. The predicted molar refractivity (Wildman–Crippen MR) is 72.7 cm³/mol. The van der Waals surface area contributed by atoms with E-state index in [1.807, 2.05) is 43.3 Å². The number of rotatable bonds is 5. The molecular formula is C15H15N2O2. The lowest BCUT2D eigenvalue weighted by molar-refractivity contribution is 0.294. The van der Waals surface area contributed by atoms with Gasteiger partial charge in [0.1, 0.15) is 12.8 Å². The average Bonchev–Trinajstić information content (AvgIpc) is 2.46. The Bertz CT molecular complexity index is 533. The van der Waals surface area contributed by atoms with Gasteiger partial charge >= 0.3 is 0 Å². The molecule has 4 nitrogen and oxygen atoms in total. The van der Waals surface area contributed by atoms with Crippen LogP contribution in [0.3, 0.4) is 0 Å². The van der Waals surface area contributed by atoms with E-state index in [0.717, 1.165) is 16.7 Å². The first-order valence-electron chi connectivity index (χ1n) is 5.98. The quantitative estimate of drug-likeness (QED) is 0.508. The highest BCUT2D eigenvalue weighted by Gasteiger charge is 1.98. The Hall–Kier alpha value is -2.36. The second kappa shape index (κ2) is 6.54. The van der Waals surface area contributed by atoms with Crippen molar-refractivity contribution in [3.63, 3.8) is 0 Å². The number of pyridine rings is 1. The second-order valence-corrected chi connectivity index (χ2v) is 4.21. The van der Waals surface area contributed by atoms with Crippen LogP contribution in [0.4, 0.5) is 0 Å². The molecule has 0 aliphatic heterocycles. The van der Waals surface area contributed by atoms with Gasteiger partial charge in [-0.2, -0.15) is 0 Å². The molecule has 0 aliphatic rings. The standard InChI is InChI=1S/C15H15N2O2/c1-12-2-7-15(16-10-12)19-11-14-5-3-13(4-6-14)8-9-17-18/h2-7,10,18H,8,11H2,1H3. The minimum atomic E-state index is 0.480. The first-order valence-corrected chi connectivity index (χ1v) is 5.98.